The fourth-order valence-electron chi connectivity index (χ4n) is 3.09. The molecule has 0 heterocycles. The normalized spacial score (nSPS) is 18.1. The summed E-state index contributed by atoms with van der Waals surface area (Å²) in [4.78, 5) is 0. The topological polar surface area (TPSA) is 12.0 Å². The summed E-state index contributed by atoms with van der Waals surface area (Å²) < 4.78 is 0. The quantitative estimate of drug-likeness (QED) is 0.775. The van der Waals surface area contributed by atoms with Gasteiger partial charge in [0.05, 0.1) is 0 Å². The van der Waals surface area contributed by atoms with Gasteiger partial charge in [-0.15, -0.1) is 0 Å². The van der Waals surface area contributed by atoms with E-state index in [9.17, 15) is 0 Å². The van der Waals surface area contributed by atoms with Gasteiger partial charge in [0, 0.05) is 12.5 Å². The fraction of sp³-hybridized carbons (Fsp3) is 0.368. The van der Waals surface area contributed by atoms with Gasteiger partial charge in [-0.1, -0.05) is 61.5 Å². The summed E-state index contributed by atoms with van der Waals surface area (Å²) >= 11 is 0. The molecule has 0 saturated carbocycles. The van der Waals surface area contributed by atoms with Crippen molar-refractivity contribution >= 4 is 0 Å². The lowest BCUT2D eigenvalue weighted by Crippen LogP contribution is -2.30. The van der Waals surface area contributed by atoms with E-state index in [1.165, 1.54) is 24.0 Å². The molecular formula is C19H23N. The summed E-state index contributed by atoms with van der Waals surface area (Å²) in [5.41, 5.74) is 4.54. The highest BCUT2D eigenvalue weighted by Crippen LogP contribution is 2.34. The lowest BCUT2D eigenvalue weighted by molar-refractivity contribution is 0.515. The Morgan fingerprint density at radius 1 is 1.05 bits per heavy atom. The van der Waals surface area contributed by atoms with E-state index in [0.29, 0.717) is 5.92 Å². The van der Waals surface area contributed by atoms with Crippen molar-refractivity contribution in [2.24, 2.45) is 0 Å². The van der Waals surface area contributed by atoms with Crippen LogP contribution in [-0.4, -0.2) is 13.1 Å². The van der Waals surface area contributed by atoms with Crippen molar-refractivity contribution in [3.05, 3.63) is 71.3 Å². The molecule has 0 spiro atoms. The van der Waals surface area contributed by atoms with Crippen LogP contribution in [0, 0.1) is 0 Å². The molecule has 20 heavy (non-hydrogen) atoms. The molecule has 104 valence electrons. The Morgan fingerprint density at radius 2 is 1.80 bits per heavy atom. The largest absolute Gasteiger partial charge is 0.316 e. The summed E-state index contributed by atoms with van der Waals surface area (Å²) in [6, 6.07) is 19.6. The van der Waals surface area contributed by atoms with Crippen LogP contribution in [0.3, 0.4) is 0 Å². The second-order valence-corrected chi connectivity index (χ2v) is 5.90. The first-order valence-corrected chi connectivity index (χ1v) is 7.68. The minimum atomic E-state index is 0.636. The van der Waals surface area contributed by atoms with Crippen LogP contribution in [0.25, 0.3) is 0 Å². The lowest BCUT2D eigenvalue weighted by atomic mass is 9.77. The molecule has 2 atom stereocenters. The smallest absolute Gasteiger partial charge is 0.00234 e. The second kappa shape index (κ2) is 6.23. The lowest BCUT2D eigenvalue weighted by Gasteiger charge is -2.30. The van der Waals surface area contributed by atoms with Crippen molar-refractivity contribution in [2.75, 3.05) is 13.1 Å². The van der Waals surface area contributed by atoms with Crippen molar-refractivity contribution in [1.29, 1.82) is 0 Å². The Morgan fingerprint density at radius 3 is 2.60 bits per heavy atom. The minimum Gasteiger partial charge on any atom is -0.316 e. The van der Waals surface area contributed by atoms with Crippen LogP contribution in [0.1, 0.15) is 41.9 Å². The zero-order valence-electron chi connectivity index (χ0n) is 12.2. The van der Waals surface area contributed by atoms with Gasteiger partial charge in [0.15, 0.2) is 0 Å². The van der Waals surface area contributed by atoms with Gasteiger partial charge >= 0.3 is 0 Å². The van der Waals surface area contributed by atoms with Gasteiger partial charge in [0.2, 0.25) is 0 Å². The molecule has 1 aliphatic carbocycles. The fourth-order valence-corrected chi connectivity index (χ4v) is 3.09. The third-order valence-electron chi connectivity index (χ3n) is 4.47. The molecule has 2 aromatic rings. The van der Waals surface area contributed by atoms with E-state index in [1.54, 1.807) is 5.56 Å². The predicted molar refractivity (Wildman–Crippen MR) is 85.2 cm³/mol. The van der Waals surface area contributed by atoms with E-state index in [2.05, 4.69) is 66.8 Å². The van der Waals surface area contributed by atoms with E-state index in [4.69, 9.17) is 0 Å². The third kappa shape index (κ3) is 2.94. The van der Waals surface area contributed by atoms with Crippen LogP contribution in [0.2, 0.25) is 0 Å². The summed E-state index contributed by atoms with van der Waals surface area (Å²) in [6.45, 7) is 4.54. The molecule has 1 heteroatoms. The monoisotopic (exact) mass is 265 g/mol. The SMILES string of the molecule is CC(CCNCC1Cc2ccccc21)c1ccccc1. The van der Waals surface area contributed by atoms with Crippen molar-refractivity contribution < 1.29 is 0 Å². The summed E-state index contributed by atoms with van der Waals surface area (Å²) in [7, 11) is 0. The Bertz CT molecular complexity index is 543. The van der Waals surface area contributed by atoms with Gasteiger partial charge < -0.3 is 5.32 Å². The predicted octanol–water partition coefficient (Wildman–Crippen LogP) is 4.11. The second-order valence-electron chi connectivity index (χ2n) is 5.90. The summed E-state index contributed by atoms with van der Waals surface area (Å²) in [5, 5.41) is 3.63. The molecule has 0 amide bonds. The van der Waals surface area contributed by atoms with Crippen molar-refractivity contribution in [2.45, 2.75) is 31.6 Å². The highest BCUT2D eigenvalue weighted by molar-refractivity contribution is 5.40. The van der Waals surface area contributed by atoms with E-state index in [-0.39, 0.29) is 0 Å². The van der Waals surface area contributed by atoms with Gasteiger partial charge in [-0.2, -0.15) is 0 Å². The minimum absolute atomic E-state index is 0.636. The van der Waals surface area contributed by atoms with Gasteiger partial charge in [0.25, 0.3) is 0 Å². The van der Waals surface area contributed by atoms with Crippen molar-refractivity contribution in [3.63, 3.8) is 0 Å². The number of nitrogens with one attached hydrogen (secondary N) is 1. The first-order chi connectivity index (χ1) is 9.84. The molecule has 0 fully saturated rings. The number of fused-ring (bicyclic) bond motifs is 1. The van der Waals surface area contributed by atoms with E-state index in [0.717, 1.165) is 19.0 Å². The first-order valence-electron chi connectivity index (χ1n) is 7.68. The van der Waals surface area contributed by atoms with Gasteiger partial charge in [-0.3, -0.25) is 0 Å². The molecule has 2 unspecified atom stereocenters. The van der Waals surface area contributed by atoms with Crippen molar-refractivity contribution in [1.82, 2.24) is 5.32 Å². The first kappa shape index (κ1) is 13.4. The maximum atomic E-state index is 3.63. The maximum Gasteiger partial charge on any atom is 0.00234 e. The molecule has 0 aliphatic heterocycles. The van der Waals surface area contributed by atoms with Crippen LogP contribution in [0.5, 0.6) is 0 Å². The molecular weight excluding hydrogens is 242 g/mol. The van der Waals surface area contributed by atoms with Gasteiger partial charge in [-0.25, -0.2) is 0 Å². The molecule has 1 nitrogen and oxygen atoms in total. The molecule has 1 aliphatic rings. The summed E-state index contributed by atoms with van der Waals surface area (Å²) in [6.07, 6.45) is 2.45. The van der Waals surface area contributed by atoms with Crippen LogP contribution in [0.15, 0.2) is 54.6 Å². The van der Waals surface area contributed by atoms with Crippen molar-refractivity contribution in [3.8, 4) is 0 Å². The Kier molecular flexibility index (Phi) is 4.17. The maximum absolute atomic E-state index is 3.63. The van der Waals surface area contributed by atoms with Crippen LogP contribution in [0.4, 0.5) is 0 Å². The molecule has 0 bridgehead atoms. The van der Waals surface area contributed by atoms with E-state index < -0.39 is 0 Å². The van der Waals surface area contributed by atoms with Gasteiger partial charge in [0.1, 0.15) is 0 Å². The molecule has 0 radical (unpaired) electrons. The average molecular weight is 265 g/mol. The van der Waals surface area contributed by atoms with Crippen LogP contribution in [-0.2, 0) is 6.42 Å². The number of rotatable bonds is 6. The highest BCUT2D eigenvalue weighted by atomic mass is 14.9. The summed E-state index contributed by atoms with van der Waals surface area (Å²) in [5.74, 6) is 1.37. The van der Waals surface area contributed by atoms with Crippen LogP contribution < -0.4 is 5.32 Å². The van der Waals surface area contributed by atoms with E-state index in [1.807, 2.05) is 0 Å². The molecule has 0 saturated heterocycles. The molecule has 3 rings (SSSR count). The average Bonchev–Trinajstić information content (AvgIpc) is 2.48. The number of hydrogen-bond donors (Lipinski definition) is 1. The van der Waals surface area contributed by atoms with E-state index >= 15 is 0 Å². The highest BCUT2D eigenvalue weighted by Gasteiger charge is 2.24. The molecule has 1 N–H and O–H groups in total. The zero-order valence-corrected chi connectivity index (χ0v) is 12.2. The van der Waals surface area contributed by atoms with Crippen LogP contribution >= 0.6 is 0 Å². The third-order valence-corrected chi connectivity index (χ3v) is 4.47. The Hall–Kier alpha value is -1.60. The van der Waals surface area contributed by atoms with Gasteiger partial charge in [-0.05, 0) is 42.0 Å². The number of hydrogen-bond acceptors (Lipinski definition) is 1. The zero-order chi connectivity index (χ0) is 13.8. The molecule has 2 aromatic carbocycles. The molecule has 0 aromatic heterocycles. The number of benzene rings is 2. The standard InChI is InChI=1S/C19H23N/c1-15(16-7-3-2-4-8-16)11-12-20-14-18-13-17-9-5-6-10-19(17)18/h2-10,15,18,20H,11-14H2,1H3. The Labute approximate surface area is 122 Å². The Balaban J connectivity index is 1.40.